The van der Waals surface area contributed by atoms with E-state index in [1.165, 1.54) is 24.3 Å². The van der Waals surface area contributed by atoms with Gasteiger partial charge in [0.1, 0.15) is 5.82 Å². The van der Waals surface area contributed by atoms with Gasteiger partial charge in [-0.1, -0.05) is 12.1 Å². The van der Waals surface area contributed by atoms with Gasteiger partial charge >= 0.3 is 5.97 Å². The number of aliphatic carboxylic acids is 1. The fraction of sp³-hybridized carbons (Fsp3) is 0.438. The molecule has 1 aliphatic heterocycles. The van der Waals surface area contributed by atoms with E-state index in [0.717, 1.165) is 0 Å². The Morgan fingerprint density at radius 1 is 1.39 bits per heavy atom. The molecule has 0 spiro atoms. The van der Waals surface area contributed by atoms with Crippen LogP contribution in [0.25, 0.3) is 0 Å². The van der Waals surface area contributed by atoms with Crippen molar-refractivity contribution >= 4 is 17.8 Å². The fourth-order valence-electron chi connectivity index (χ4n) is 2.64. The molecule has 1 saturated heterocycles. The normalized spacial score (nSPS) is 18.8. The highest BCUT2D eigenvalue weighted by Gasteiger charge is 2.33. The molecule has 1 heterocycles. The number of amides is 2. The van der Waals surface area contributed by atoms with E-state index in [0.29, 0.717) is 18.7 Å². The molecule has 0 aliphatic carbocycles. The van der Waals surface area contributed by atoms with Gasteiger partial charge in [-0.25, -0.2) is 4.39 Å². The van der Waals surface area contributed by atoms with Crippen molar-refractivity contribution in [2.45, 2.75) is 19.3 Å². The Balaban J connectivity index is 1.97. The van der Waals surface area contributed by atoms with Gasteiger partial charge in [0.05, 0.1) is 11.8 Å². The number of nitrogens with one attached hydrogen (secondary N) is 1. The summed E-state index contributed by atoms with van der Waals surface area (Å²) in [5, 5.41) is 11.9. The van der Waals surface area contributed by atoms with Crippen LogP contribution in [0.5, 0.6) is 0 Å². The molecule has 0 saturated carbocycles. The van der Waals surface area contributed by atoms with E-state index >= 15 is 0 Å². The topological polar surface area (TPSA) is 86.7 Å². The van der Waals surface area contributed by atoms with Gasteiger partial charge in [-0.3, -0.25) is 14.4 Å². The number of carboxylic acid groups (broad SMARTS) is 1. The molecule has 1 aromatic rings. The summed E-state index contributed by atoms with van der Waals surface area (Å²) >= 11 is 0. The van der Waals surface area contributed by atoms with Crippen LogP contribution in [0.2, 0.25) is 0 Å². The number of carbonyl (C=O) groups excluding carboxylic acids is 2. The SMILES string of the molecule is CCN1CC(C(=O)NCC(C(=O)O)c2ccc(F)cc2)CC1=O. The third-order valence-corrected chi connectivity index (χ3v) is 4.02. The Labute approximate surface area is 133 Å². The molecular weight excluding hydrogens is 303 g/mol. The predicted octanol–water partition coefficient (Wildman–Crippen LogP) is 0.978. The maximum Gasteiger partial charge on any atom is 0.312 e. The van der Waals surface area contributed by atoms with Crippen LogP contribution < -0.4 is 5.32 Å². The summed E-state index contributed by atoms with van der Waals surface area (Å²) in [7, 11) is 0. The van der Waals surface area contributed by atoms with Crippen LogP contribution in [-0.2, 0) is 14.4 Å². The van der Waals surface area contributed by atoms with Gasteiger partial charge in [0.25, 0.3) is 0 Å². The second-order valence-corrected chi connectivity index (χ2v) is 5.52. The highest BCUT2D eigenvalue weighted by atomic mass is 19.1. The Hall–Kier alpha value is -2.44. The first-order valence-corrected chi connectivity index (χ1v) is 7.46. The van der Waals surface area contributed by atoms with Crippen molar-refractivity contribution < 1.29 is 23.9 Å². The van der Waals surface area contributed by atoms with E-state index in [4.69, 9.17) is 0 Å². The summed E-state index contributed by atoms with van der Waals surface area (Å²) in [6.45, 7) is 2.65. The molecule has 1 fully saturated rings. The quantitative estimate of drug-likeness (QED) is 0.817. The van der Waals surface area contributed by atoms with Crippen molar-refractivity contribution in [3.8, 4) is 0 Å². The molecule has 0 radical (unpaired) electrons. The first-order chi connectivity index (χ1) is 10.9. The Morgan fingerprint density at radius 2 is 2.04 bits per heavy atom. The van der Waals surface area contributed by atoms with Crippen LogP contribution in [0.15, 0.2) is 24.3 Å². The van der Waals surface area contributed by atoms with E-state index in [1.54, 1.807) is 4.90 Å². The van der Waals surface area contributed by atoms with Gasteiger partial charge in [-0.15, -0.1) is 0 Å². The van der Waals surface area contributed by atoms with Crippen molar-refractivity contribution in [3.05, 3.63) is 35.6 Å². The highest BCUT2D eigenvalue weighted by Crippen LogP contribution is 2.19. The lowest BCUT2D eigenvalue weighted by Gasteiger charge is -2.16. The largest absolute Gasteiger partial charge is 0.481 e. The van der Waals surface area contributed by atoms with Crippen molar-refractivity contribution in [2.75, 3.05) is 19.6 Å². The number of hydrogen-bond donors (Lipinski definition) is 2. The molecular formula is C16H19FN2O4. The zero-order valence-corrected chi connectivity index (χ0v) is 12.8. The zero-order chi connectivity index (χ0) is 17.0. The summed E-state index contributed by atoms with van der Waals surface area (Å²) in [6.07, 6.45) is 0.147. The van der Waals surface area contributed by atoms with E-state index in [9.17, 15) is 23.9 Å². The summed E-state index contributed by atoms with van der Waals surface area (Å²) in [6, 6.07) is 5.14. The van der Waals surface area contributed by atoms with E-state index in [2.05, 4.69) is 5.32 Å². The molecule has 6 nitrogen and oxygen atoms in total. The van der Waals surface area contributed by atoms with Crippen molar-refractivity contribution in [1.82, 2.24) is 10.2 Å². The van der Waals surface area contributed by atoms with Crippen LogP contribution in [0.1, 0.15) is 24.8 Å². The lowest BCUT2D eigenvalue weighted by molar-refractivity contribution is -0.139. The van der Waals surface area contributed by atoms with Gasteiger partial charge < -0.3 is 15.3 Å². The first kappa shape index (κ1) is 16.9. The van der Waals surface area contributed by atoms with E-state index < -0.39 is 23.6 Å². The standard InChI is InChI=1S/C16H19FN2O4/c1-2-19-9-11(7-14(19)20)15(21)18-8-13(16(22)23)10-3-5-12(17)6-4-10/h3-6,11,13H,2,7-9H2,1H3,(H,18,21)(H,22,23). The molecule has 124 valence electrons. The van der Waals surface area contributed by atoms with Crippen molar-refractivity contribution in [3.63, 3.8) is 0 Å². The van der Waals surface area contributed by atoms with Crippen molar-refractivity contribution in [1.29, 1.82) is 0 Å². The molecule has 1 aromatic carbocycles. The number of rotatable bonds is 6. The van der Waals surface area contributed by atoms with Crippen LogP contribution in [-0.4, -0.2) is 47.4 Å². The number of halogens is 1. The maximum atomic E-state index is 12.9. The Kier molecular flexibility index (Phi) is 5.31. The molecule has 0 bridgehead atoms. The fourth-order valence-corrected chi connectivity index (χ4v) is 2.64. The monoisotopic (exact) mass is 322 g/mol. The number of carbonyl (C=O) groups is 3. The van der Waals surface area contributed by atoms with Crippen molar-refractivity contribution in [2.24, 2.45) is 5.92 Å². The zero-order valence-electron chi connectivity index (χ0n) is 12.8. The summed E-state index contributed by atoms with van der Waals surface area (Å²) in [5.41, 5.74) is 0.414. The van der Waals surface area contributed by atoms with Crippen LogP contribution in [0, 0.1) is 11.7 Å². The second-order valence-electron chi connectivity index (χ2n) is 5.52. The molecule has 2 unspecified atom stereocenters. The molecule has 2 atom stereocenters. The van der Waals surface area contributed by atoms with Crippen LogP contribution in [0.4, 0.5) is 4.39 Å². The Bertz CT molecular complexity index is 603. The number of nitrogens with zero attached hydrogens (tertiary/aromatic N) is 1. The highest BCUT2D eigenvalue weighted by molar-refractivity contribution is 5.89. The van der Waals surface area contributed by atoms with Crippen LogP contribution >= 0.6 is 0 Å². The minimum Gasteiger partial charge on any atom is -0.481 e. The molecule has 2 N–H and O–H groups in total. The summed E-state index contributed by atoms with van der Waals surface area (Å²) in [4.78, 5) is 36.7. The predicted molar refractivity (Wildman–Crippen MR) is 80.1 cm³/mol. The summed E-state index contributed by atoms with van der Waals surface area (Å²) < 4.78 is 12.9. The molecule has 0 aromatic heterocycles. The lowest BCUT2D eigenvalue weighted by atomic mass is 9.98. The van der Waals surface area contributed by atoms with Gasteiger partial charge in [-0.2, -0.15) is 0 Å². The first-order valence-electron chi connectivity index (χ1n) is 7.46. The number of benzene rings is 1. The number of hydrogen-bond acceptors (Lipinski definition) is 3. The summed E-state index contributed by atoms with van der Waals surface area (Å²) in [5.74, 6) is -3.37. The minimum absolute atomic E-state index is 0.0685. The van der Waals surface area contributed by atoms with E-state index in [1.807, 2.05) is 6.92 Å². The third-order valence-electron chi connectivity index (χ3n) is 4.02. The lowest BCUT2D eigenvalue weighted by Crippen LogP contribution is -2.37. The third kappa shape index (κ3) is 4.06. The molecule has 1 aliphatic rings. The smallest absolute Gasteiger partial charge is 0.312 e. The molecule has 7 heteroatoms. The molecule has 2 rings (SSSR count). The maximum absolute atomic E-state index is 12.9. The van der Waals surface area contributed by atoms with Gasteiger partial charge in [0, 0.05) is 26.1 Å². The minimum atomic E-state index is -1.10. The average Bonchev–Trinajstić information content (AvgIpc) is 2.90. The van der Waals surface area contributed by atoms with Gasteiger partial charge in [0.15, 0.2) is 0 Å². The Morgan fingerprint density at radius 3 is 2.57 bits per heavy atom. The van der Waals surface area contributed by atoms with E-state index in [-0.39, 0.29) is 24.8 Å². The van der Waals surface area contributed by atoms with Crippen LogP contribution in [0.3, 0.4) is 0 Å². The average molecular weight is 322 g/mol. The number of carboxylic acids is 1. The van der Waals surface area contributed by atoms with Gasteiger partial charge in [0.2, 0.25) is 11.8 Å². The van der Waals surface area contributed by atoms with Gasteiger partial charge in [-0.05, 0) is 24.6 Å². The second kappa shape index (κ2) is 7.21. The number of likely N-dealkylation sites (tertiary alicyclic amines) is 1. The molecule has 2 amide bonds. The molecule has 23 heavy (non-hydrogen) atoms.